The van der Waals surface area contributed by atoms with Gasteiger partial charge in [0, 0.05) is 138 Å². The molecule has 2 fully saturated rings. The lowest BCUT2D eigenvalue weighted by atomic mass is 9.97. The zero-order chi connectivity index (χ0) is 86.9. The number of Topliss-reactive ketones (excluding diaryl/α,β-unsaturated/α-hetero) is 1. The second-order valence-electron chi connectivity index (χ2n) is 28.3. The Morgan fingerprint density at radius 2 is 0.886 bits per heavy atom. The fraction of sp³-hybridized carbons (Fsp3) is 0.341. The third kappa shape index (κ3) is 23.5. The van der Waals surface area contributed by atoms with Gasteiger partial charge in [-0.1, -0.05) is 90.6 Å². The number of esters is 4. The third-order valence-corrected chi connectivity index (χ3v) is 23.9. The summed E-state index contributed by atoms with van der Waals surface area (Å²) in [6, 6.07) is 41.9. The van der Waals surface area contributed by atoms with Crippen LogP contribution in [0.25, 0.3) is 5.69 Å². The summed E-state index contributed by atoms with van der Waals surface area (Å²) < 4.78 is 57.2. The van der Waals surface area contributed by atoms with Crippen LogP contribution in [0.3, 0.4) is 0 Å². The summed E-state index contributed by atoms with van der Waals surface area (Å²) in [6.45, 7) is 7.62. The summed E-state index contributed by atoms with van der Waals surface area (Å²) >= 11 is 25.1. The van der Waals surface area contributed by atoms with Crippen LogP contribution < -0.4 is 5.32 Å². The molecule has 35 heteroatoms. The number of hydrogen-bond acceptors (Lipinski definition) is 26. The fourth-order valence-electron chi connectivity index (χ4n) is 14.0. The van der Waals surface area contributed by atoms with Gasteiger partial charge in [-0.05, 0) is 147 Å². The maximum absolute atomic E-state index is 14.8. The van der Waals surface area contributed by atoms with Gasteiger partial charge in [-0.15, -0.1) is 10.2 Å². The number of methoxy groups -OCH3 is 4. The smallest absolute Gasteiger partial charge is 0.397 e. The Morgan fingerprint density at radius 3 is 1.36 bits per heavy atom. The summed E-state index contributed by atoms with van der Waals surface area (Å²) in [7, 11) is 1.79. The van der Waals surface area contributed by atoms with Crippen molar-refractivity contribution >= 4 is 135 Å². The van der Waals surface area contributed by atoms with Crippen molar-refractivity contribution < 1.29 is 66.3 Å². The van der Waals surface area contributed by atoms with E-state index < -0.39 is 31.8 Å². The van der Waals surface area contributed by atoms with Gasteiger partial charge in [0.15, 0.2) is 11.6 Å². The van der Waals surface area contributed by atoms with Crippen molar-refractivity contribution in [1.82, 2.24) is 49.4 Å². The Kier molecular flexibility index (Phi) is 32.6. The number of fused-ring (bicyclic) bond motifs is 6. The van der Waals surface area contributed by atoms with E-state index in [2.05, 4.69) is 45.2 Å². The Balaban J connectivity index is 0.000000152. The lowest BCUT2D eigenvalue weighted by Gasteiger charge is -2.41. The van der Waals surface area contributed by atoms with Crippen LogP contribution in [0.5, 0.6) is 0 Å². The number of ketones is 1. The van der Waals surface area contributed by atoms with E-state index in [4.69, 9.17) is 99.6 Å². The molecule has 1 N–H and O–H groups in total. The SMILES string of the molecule is CCC(=O)NCC1=Nc2ccc(Cl)cc2C(c2ccccn2)=N[C@H]1CCC(=O)OC.CCc1nnc2n1-c1ccc(Cl)cc1C(c1ccccn1)=N[C@H]2CCC(=O)OC.COC(=O)CC[C@@H]1N=C(c2ccccn2)c2cc(Cl)ccc2CC1=O.COC(=O)CC[C@@H]1N=C(c2ccccn2)c2cc(Cl)ccc2N=C1OP(=O)(N1CCOCC1)N1CCOCC1. The lowest BCUT2D eigenvalue weighted by molar-refractivity contribution is -0.141. The molecule has 0 bridgehead atoms. The van der Waals surface area contributed by atoms with E-state index >= 15 is 0 Å². The van der Waals surface area contributed by atoms with E-state index in [0.29, 0.717) is 173 Å². The summed E-state index contributed by atoms with van der Waals surface area (Å²) in [6.07, 6.45) is 10.1. The number of morpholine rings is 2. The molecular formula is C88H91Cl4N16O14P. The van der Waals surface area contributed by atoms with Crippen LogP contribution in [-0.2, 0) is 79.1 Å². The molecule has 9 aromatic rings. The van der Waals surface area contributed by atoms with Crippen LogP contribution in [0.15, 0.2) is 200 Å². The van der Waals surface area contributed by atoms with E-state index in [-0.39, 0.29) is 86.6 Å². The number of carbonyl (C=O) groups excluding carboxylic acids is 6. The number of pyridine rings is 4. The number of benzene rings is 4. The molecule has 6 aliphatic heterocycles. The molecule has 4 atom stereocenters. The van der Waals surface area contributed by atoms with Gasteiger partial charge in [-0.2, -0.15) is 0 Å². The average molecular weight is 1770 g/mol. The second-order valence-corrected chi connectivity index (χ2v) is 32.3. The molecule has 2 saturated heterocycles. The molecule has 0 radical (unpaired) electrons. The Hall–Kier alpha value is -11.3. The minimum Gasteiger partial charge on any atom is -0.469 e. The molecule has 1 amide bonds. The first-order chi connectivity index (χ1) is 59.7. The third-order valence-electron chi connectivity index (χ3n) is 20.3. The molecule has 5 aromatic heterocycles. The van der Waals surface area contributed by atoms with Crippen molar-refractivity contribution in [3.8, 4) is 5.69 Å². The number of nitrogens with one attached hydrogen (secondary N) is 1. The number of aliphatic imine (C=N–C) groups is 6. The zero-order valence-corrected chi connectivity index (χ0v) is 72.4. The second kappa shape index (κ2) is 44.1. The van der Waals surface area contributed by atoms with Crippen LogP contribution in [-0.4, -0.2) is 220 Å². The maximum Gasteiger partial charge on any atom is 0.397 e. The number of halogens is 4. The molecule has 4 aromatic carbocycles. The molecule has 640 valence electrons. The van der Waals surface area contributed by atoms with Gasteiger partial charge in [0.05, 0.1) is 136 Å². The van der Waals surface area contributed by atoms with E-state index in [1.54, 1.807) is 74.2 Å². The highest BCUT2D eigenvalue weighted by molar-refractivity contribution is 7.54. The molecule has 0 aliphatic carbocycles. The van der Waals surface area contributed by atoms with Gasteiger partial charge in [-0.3, -0.25) is 78.2 Å². The van der Waals surface area contributed by atoms with E-state index in [1.807, 2.05) is 124 Å². The van der Waals surface area contributed by atoms with E-state index in [0.717, 1.165) is 39.5 Å². The first kappa shape index (κ1) is 90.9. The lowest BCUT2D eigenvalue weighted by Crippen LogP contribution is -2.44. The minimum atomic E-state index is -3.61. The summed E-state index contributed by atoms with van der Waals surface area (Å²) in [5, 5.41) is 13.9. The average Bonchev–Trinajstić information content (AvgIpc) is 1.58. The first-order valence-corrected chi connectivity index (χ1v) is 43.0. The minimum absolute atomic E-state index is 0.0293. The van der Waals surface area contributed by atoms with Crippen molar-refractivity contribution in [3.05, 3.63) is 253 Å². The number of hydrogen-bond donors (Lipinski definition) is 1. The molecule has 123 heavy (non-hydrogen) atoms. The summed E-state index contributed by atoms with van der Waals surface area (Å²) in [5.41, 5.74) is 12.0. The molecule has 11 heterocycles. The molecule has 15 rings (SSSR count). The van der Waals surface area contributed by atoms with E-state index in [9.17, 15) is 33.3 Å². The van der Waals surface area contributed by atoms with Crippen LogP contribution >= 0.6 is 54.1 Å². The van der Waals surface area contributed by atoms with Gasteiger partial charge in [-0.25, -0.2) is 18.9 Å². The van der Waals surface area contributed by atoms with Gasteiger partial charge in [0.25, 0.3) is 0 Å². The molecular weight excluding hydrogens is 1680 g/mol. The fourth-order valence-corrected chi connectivity index (χ4v) is 17.0. The highest BCUT2D eigenvalue weighted by atomic mass is 35.5. The van der Waals surface area contributed by atoms with Gasteiger partial charge < -0.3 is 38.3 Å². The van der Waals surface area contributed by atoms with Crippen molar-refractivity contribution in [2.24, 2.45) is 30.0 Å². The zero-order valence-electron chi connectivity index (χ0n) is 68.5. The highest BCUT2D eigenvalue weighted by Gasteiger charge is 2.45. The molecule has 6 aliphatic rings. The molecule has 0 spiro atoms. The van der Waals surface area contributed by atoms with Crippen LogP contribution in [0.1, 0.15) is 140 Å². The number of carbonyl (C=O) groups is 6. The van der Waals surface area contributed by atoms with Crippen molar-refractivity contribution in [2.75, 3.05) is 87.6 Å². The standard InChI is InChI=1S/C26H31ClN5O6P.C22H23ClN4O3.C21H20ClN5O2.C19H17ClN2O3/c1-35-24(33)8-7-23-26(38-39(34,31-10-14-36-15-11-31)32-12-16-37-17-13-32)30-21-6-5-19(27)18-20(21)25(29-23)22-4-2-3-9-28-22;1-3-20(28)25-13-19-17(9-10-21(29)30-2)27-22(18-6-4-5-11-24-18)15-12-14(23)7-8-16(15)26-19;1-3-18-25-26-21-16(8-10-19(28)29-2)24-20(15-6-4-5-11-23-15)14-12-13(22)7-9-17(14)27(18)21;1-25-18(24)8-7-15-17(23)10-12-5-6-13(20)11-14(12)19(22-15)16-4-2-3-9-21-16/h2-6,9,18,23H,7-8,10-17H2,1H3;4-8,11-12,17H,3,9-10,13H2,1-2H3,(H,25,28);4-7,9,11-12,16H,3,8,10H2,1-2H3;2-6,9,11,15H,7-8,10H2,1H3/t23-;17-;16-;15-/m0000/s1. The number of aryl methyl sites for hydroxylation is 1. The summed E-state index contributed by atoms with van der Waals surface area (Å²) in [4.78, 5) is 119. The van der Waals surface area contributed by atoms with Crippen molar-refractivity contribution in [3.63, 3.8) is 0 Å². The topological polar surface area (TPSA) is 359 Å². The Morgan fingerprint density at radius 1 is 0.480 bits per heavy atom. The predicted octanol–water partition coefficient (Wildman–Crippen LogP) is 14.0. The van der Waals surface area contributed by atoms with Gasteiger partial charge in [0.2, 0.25) is 11.8 Å². The maximum atomic E-state index is 14.8. The molecule has 0 saturated carbocycles. The van der Waals surface area contributed by atoms with Gasteiger partial charge in [0.1, 0.15) is 23.9 Å². The number of aromatic nitrogens is 7. The van der Waals surface area contributed by atoms with Gasteiger partial charge >= 0.3 is 31.5 Å². The molecule has 0 unspecified atom stereocenters. The summed E-state index contributed by atoms with van der Waals surface area (Å²) in [5.74, 6) is 0.208. The first-order valence-electron chi connectivity index (χ1n) is 40.0. The van der Waals surface area contributed by atoms with Crippen LogP contribution in [0.2, 0.25) is 20.1 Å². The predicted molar refractivity (Wildman–Crippen MR) is 468 cm³/mol. The van der Waals surface area contributed by atoms with Crippen molar-refractivity contribution in [1.29, 1.82) is 0 Å². The number of nitrogens with zero attached hydrogens (tertiary/aromatic N) is 15. The van der Waals surface area contributed by atoms with Crippen molar-refractivity contribution in [2.45, 2.75) is 109 Å². The monoisotopic (exact) mass is 1770 g/mol. The number of amides is 1. The number of rotatable bonds is 23. The molecule has 30 nitrogen and oxygen atoms in total. The highest BCUT2D eigenvalue weighted by Crippen LogP contribution is 2.56. The largest absolute Gasteiger partial charge is 0.469 e. The Bertz CT molecular complexity index is 5500. The quantitative estimate of drug-likeness (QED) is 0.0353. The van der Waals surface area contributed by atoms with E-state index in [1.165, 1.54) is 28.4 Å². The Labute approximate surface area is 731 Å². The normalized spacial score (nSPS) is 17.3. The van der Waals surface area contributed by atoms with Crippen LogP contribution in [0, 0.1) is 0 Å². The van der Waals surface area contributed by atoms with Crippen LogP contribution in [0.4, 0.5) is 11.4 Å². The number of ether oxygens (including phenoxy) is 6.